The minimum absolute atomic E-state index is 0.104. The summed E-state index contributed by atoms with van der Waals surface area (Å²) in [5, 5.41) is 10.6. The first-order chi connectivity index (χ1) is 46.1. The number of esters is 4. The lowest BCUT2D eigenvalue weighted by Gasteiger charge is -2.21. The Morgan fingerprint density at radius 1 is 0.292 bits per heavy atom. The first-order valence-corrected chi connectivity index (χ1v) is 42.7. The van der Waals surface area contributed by atoms with Gasteiger partial charge in [-0.2, -0.15) is 0 Å². The van der Waals surface area contributed by atoms with Gasteiger partial charge in [0.25, 0.3) is 0 Å². The smallest absolute Gasteiger partial charge is 0.462 e. The SMILES string of the molecule is CCC(C)CCCCCCCCC(=O)OC[C@H](COP(=O)(O)OC[C@H](O)COP(=O)(O)OC[C@@H](COC(=O)CCCCCCCCCCCCCCCCC(C)C)OC(=O)CCCCCCCCCCCCCCCCC(C)C)OC(=O)CCCCCCCCCCCC(C)C. The van der Waals surface area contributed by atoms with Gasteiger partial charge in [0.05, 0.1) is 26.4 Å². The molecular weight excluding hydrogens is 1260 g/mol. The fraction of sp³-hybridized carbons (Fsp3) is 0.948. The number of phosphoric ester groups is 2. The van der Waals surface area contributed by atoms with Crippen LogP contribution in [0.4, 0.5) is 0 Å². The fourth-order valence-electron chi connectivity index (χ4n) is 11.7. The Labute approximate surface area is 588 Å². The van der Waals surface area contributed by atoms with E-state index >= 15 is 0 Å². The topological polar surface area (TPSA) is 237 Å². The second-order valence-corrected chi connectivity index (χ2v) is 32.3. The second-order valence-electron chi connectivity index (χ2n) is 29.4. The molecule has 570 valence electrons. The van der Waals surface area contributed by atoms with E-state index in [2.05, 4.69) is 55.4 Å². The van der Waals surface area contributed by atoms with E-state index in [1.54, 1.807) is 0 Å². The molecule has 0 saturated carbocycles. The van der Waals surface area contributed by atoms with Gasteiger partial charge in [-0.1, -0.05) is 338 Å². The summed E-state index contributed by atoms with van der Waals surface area (Å²) < 4.78 is 68.6. The maximum Gasteiger partial charge on any atom is 0.472 e. The van der Waals surface area contributed by atoms with E-state index in [0.717, 1.165) is 120 Å². The van der Waals surface area contributed by atoms with Crippen molar-refractivity contribution in [1.29, 1.82) is 0 Å². The van der Waals surface area contributed by atoms with Gasteiger partial charge < -0.3 is 33.8 Å². The van der Waals surface area contributed by atoms with E-state index < -0.39 is 97.5 Å². The number of aliphatic hydroxyl groups is 1. The third-order valence-corrected chi connectivity index (χ3v) is 20.1. The molecule has 0 saturated heterocycles. The highest BCUT2D eigenvalue weighted by molar-refractivity contribution is 7.47. The number of unbranched alkanes of at least 4 members (excludes halogenated alkanes) is 39. The summed E-state index contributed by atoms with van der Waals surface area (Å²) in [4.78, 5) is 72.8. The van der Waals surface area contributed by atoms with Crippen LogP contribution in [0.1, 0.15) is 389 Å². The van der Waals surface area contributed by atoms with Gasteiger partial charge in [0.1, 0.15) is 19.3 Å². The number of carbonyl (C=O) groups excluding carboxylic acids is 4. The standard InChI is InChI=1S/C77H150O17P2/c1-9-70(8)56-48-40-35-36-42-50-58-75(80)88-64-73(94-77(82)60-52-44-34-28-22-25-31-39-47-55-69(6)7)66-92-96(85,86)90-62-71(78)61-89-95(83,84)91-65-72(93-76(81)59-51-43-33-27-21-17-13-11-15-19-24-30-38-46-54-68(4)5)63-87-74(79)57-49-41-32-26-20-16-12-10-14-18-23-29-37-45-53-67(2)3/h67-73,78H,9-66H2,1-8H3,(H,83,84)(H,85,86)/t70?,71-,72-,73-/m1/s1. The number of rotatable bonds is 74. The molecule has 0 radical (unpaired) electrons. The Balaban J connectivity index is 5.25. The molecule has 3 N–H and O–H groups in total. The van der Waals surface area contributed by atoms with Crippen molar-refractivity contribution in [3.8, 4) is 0 Å². The highest BCUT2D eigenvalue weighted by Gasteiger charge is 2.30. The lowest BCUT2D eigenvalue weighted by Crippen LogP contribution is -2.30. The molecule has 19 heteroatoms. The molecule has 0 rings (SSSR count). The Kier molecular flexibility index (Phi) is 65.0. The van der Waals surface area contributed by atoms with Crippen molar-refractivity contribution < 1.29 is 80.2 Å². The average Bonchev–Trinajstić information content (AvgIpc) is 1.51. The van der Waals surface area contributed by atoms with Crippen molar-refractivity contribution in [3.05, 3.63) is 0 Å². The fourth-order valence-corrected chi connectivity index (χ4v) is 13.3. The van der Waals surface area contributed by atoms with Crippen LogP contribution < -0.4 is 0 Å². The average molecular weight is 1410 g/mol. The first kappa shape index (κ1) is 94.1. The van der Waals surface area contributed by atoms with Gasteiger partial charge in [-0.3, -0.25) is 37.3 Å². The molecule has 0 bridgehead atoms. The van der Waals surface area contributed by atoms with Crippen molar-refractivity contribution >= 4 is 39.5 Å². The van der Waals surface area contributed by atoms with Crippen molar-refractivity contribution in [1.82, 2.24) is 0 Å². The van der Waals surface area contributed by atoms with E-state index in [4.69, 9.17) is 37.0 Å². The van der Waals surface area contributed by atoms with Crippen molar-refractivity contribution in [2.45, 2.75) is 408 Å². The summed E-state index contributed by atoms with van der Waals surface area (Å²) in [5.74, 6) is 0.941. The number of aliphatic hydroxyl groups excluding tert-OH is 1. The third-order valence-electron chi connectivity index (χ3n) is 18.2. The lowest BCUT2D eigenvalue weighted by molar-refractivity contribution is -0.161. The molecule has 17 nitrogen and oxygen atoms in total. The highest BCUT2D eigenvalue weighted by Crippen LogP contribution is 2.45. The van der Waals surface area contributed by atoms with Crippen molar-refractivity contribution in [3.63, 3.8) is 0 Å². The van der Waals surface area contributed by atoms with Crippen molar-refractivity contribution in [2.75, 3.05) is 39.6 Å². The molecule has 0 heterocycles. The van der Waals surface area contributed by atoms with Crippen LogP contribution in [0.5, 0.6) is 0 Å². The maximum atomic E-state index is 13.1. The number of ether oxygens (including phenoxy) is 4. The zero-order valence-electron chi connectivity index (χ0n) is 63.0. The predicted molar refractivity (Wildman–Crippen MR) is 391 cm³/mol. The van der Waals surface area contributed by atoms with Gasteiger partial charge in [0, 0.05) is 25.7 Å². The van der Waals surface area contributed by atoms with E-state index in [1.165, 1.54) is 186 Å². The van der Waals surface area contributed by atoms with Crippen LogP contribution in [0.15, 0.2) is 0 Å². The molecule has 6 atom stereocenters. The summed E-state index contributed by atoms with van der Waals surface area (Å²) in [5.41, 5.74) is 0. The third kappa shape index (κ3) is 69.2. The molecule has 3 unspecified atom stereocenters. The largest absolute Gasteiger partial charge is 0.472 e. The van der Waals surface area contributed by atoms with Gasteiger partial charge >= 0.3 is 39.5 Å². The molecular formula is C77H150O17P2. The normalized spacial score (nSPS) is 14.4. The van der Waals surface area contributed by atoms with Crippen LogP contribution in [-0.4, -0.2) is 96.7 Å². The van der Waals surface area contributed by atoms with Crippen LogP contribution in [0.25, 0.3) is 0 Å². The Bertz CT molecular complexity index is 1890. The number of hydrogen-bond donors (Lipinski definition) is 3. The summed E-state index contributed by atoms with van der Waals surface area (Å²) in [6.45, 7) is 14.2. The van der Waals surface area contributed by atoms with Crippen LogP contribution in [0.3, 0.4) is 0 Å². The van der Waals surface area contributed by atoms with Crippen LogP contribution in [0.2, 0.25) is 0 Å². The van der Waals surface area contributed by atoms with E-state index in [-0.39, 0.29) is 25.7 Å². The molecule has 0 aliphatic heterocycles. The van der Waals surface area contributed by atoms with Gasteiger partial charge in [0.2, 0.25) is 0 Å². The monoisotopic (exact) mass is 1410 g/mol. The van der Waals surface area contributed by atoms with Gasteiger partial charge in [0.15, 0.2) is 12.2 Å². The van der Waals surface area contributed by atoms with Crippen LogP contribution in [0, 0.1) is 23.7 Å². The van der Waals surface area contributed by atoms with Gasteiger partial charge in [-0.05, 0) is 49.4 Å². The van der Waals surface area contributed by atoms with E-state index in [0.29, 0.717) is 25.7 Å². The molecule has 0 fully saturated rings. The molecule has 0 aromatic rings. The molecule has 96 heavy (non-hydrogen) atoms. The summed E-state index contributed by atoms with van der Waals surface area (Å²) in [6, 6.07) is 0. The Morgan fingerprint density at radius 2 is 0.500 bits per heavy atom. The molecule has 0 aliphatic carbocycles. The van der Waals surface area contributed by atoms with E-state index in [9.17, 15) is 43.2 Å². The summed E-state index contributed by atoms with van der Waals surface area (Å²) in [6.07, 6.45) is 51.4. The Morgan fingerprint density at radius 3 is 0.740 bits per heavy atom. The minimum Gasteiger partial charge on any atom is -0.462 e. The zero-order valence-corrected chi connectivity index (χ0v) is 64.8. The quantitative estimate of drug-likeness (QED) is 0.0222. The van der Waals surface area contributed by atoms with Gasteiger partial charge in [-0.25, -0.2) is 9.13 Å². The number of hydrogen-bond acceptors (Lipinski definition) is 15. The number of phosphoric acid groups is 2. The van der Waals surface area contributed by atoms with Crippen LogP contribution >= 0.6 is 15.6 Å². The number of carbonyl (C=O) groups is 4. The zero-order chi connectivity index (χ0) is 71.0. The maximum absolute atomic E-state index is 13.1. The molecule has 0 aliphatic rings. The van der Waals surface area contributed by atoms with Crippen LogP contribution in [-0.2, 0) is 65.4 Å². The second kappa shape index (κ2) is 66.3. The lowest BCUT2D eigenvalue weighted by atomic mass is 10.00. The van der Waals surface area contributed by atoms with Crippen molar-refractivity contribution in [2.24, 2.45) is 23.7 Å². The minimum atomic E-state index is -4.96. The van der Waals surface area contributed by atoms with Gasteiger partial charge in [-0.15, -0.1) is 0 Å². The highest BCUT2D eigenvalue weighted by atomic mass is 31.2. The van der Waals surface area contributed by atoms with E-state index in [1.807, 2.05) is 0 Å². The summed E-state index contributed by atoms with van der Waals surface area (Å²) in [7, 11) is -9.91. The first-order valence-electron chi connectivity index (χ1n) is 39.7. The predicted octanol–water partition coefficient (Wildman–Crippen LogP) is 22.4. The molecule has 0 aromatic carbocycles. The molecule has 0 aromatic heterocycles. The molecule has 0 amide bonds. The molecule has 0 spiro atoms. The Hall–Kier alpha value is -1.94. The summed E-state index contributed by atoms with van der Waals surface area (Å²) >= 11 is 0.